The zero-order valence-corrected chi connectivity index (χ0v) is 30.7. The third-order valence-corrected chi connectivity index (χ3v) is 12.1. The maximum atomic E-state index is 15.0. The van der Waals surface area contributed by atoms with E-state index in [2.05, 4.69) is 40.9 Å². The summed E-state index contributed by atoms with van der Waals surface area (Å²) in [5.41, 5.74) is 4.87. The van der Waals surface area contributed by atoms with Crippen molar-refractivity contribution in [1.82, 2.24) is 45.3 Å². The van der Waals surface area contributed by atoms with Crippen molar-refractivity contribution in [1.29, 1.82) is 0 Å². The molecule has 3 atom stereocenters. The summed E-state index contributed by atoms with van der Waals surface area (Å²) in [5, 5.41) is 33.4. The number of alkyl halides is 1. The molecular weight excluding hydrogens is 739 g/mol. The fourth-order valence-corrected chi connectivity index (χ4v) is 9.06. The minimum Gasteiger partial charge on any atom is -0.504 e. The second-order valence-corrected chi connectivity index (χ2v) is 15.5. The van der Waals surface area contributed by atoms with Crippen molar-refractivity contribution < 1.29 is 28.3 Å². The molecule has 0 aliphatic carbocycles. The maximum absolute atomic E-state index is 15.0. The van der Waals surface area contributed by atoms with Crippen LogP contribution < -0.4 is 20.4 Å². The van der Waals surface area contributed by atoms with Crippen molar-refractivity contribution in [2.45, 2.75) is 50.0 Å². The van der Waals surface area contributed by atoms with E-state index in [0.29, 0.717) is 67.3 Å². The molecule has 5 aliphatic rings. The summed E-state index contributed by atoms with van der Waals surface area (Å²) in [4.78, 5) is 50.4. The largest absolute Gasteiger partial charge is 0.504 e. The second kappa shape index (κ2) is 13.4. The SMILES string of the molecule is O=C1CC[C@H](N2Cc3ccc(N4CCN(Cc5cnc6c(c5)nnn6[C@H]5CN6c7cc(-c8cccc(F)c8O)nnc7NC[C@@]6(CF)C5)CC4)cc3C2=O)C(=O)N1. The van der Waals surface area contributed by atoms with Crippen molar-refractivity contribution >= 4 is 46.1 Å². The van der Waals surface area contributed by atoms with Gasteiger partial charge < -0.3 is 25.1 Å². The molecule has 18 heteroatoms. The van der Waals surface area contributed by atoms with Crippen LogP contribution in [0.25, 0.3) is 22.4 Å². The van der Waals surface area contributed by atoms with Crippen LogP contribution in [0.2, 0.25) is 0 Å². The highest BCUT2D eigenvalue weighted by molar-refractivity contribution is 6.05. The monoisotopic (exact) mass is 776 g/mol. The van der Waals surface area contributed by atoms with Gasteiger partial charge in [0.15, 0.2) is 23.0 Å². The Balaban J connectivity index is 0.803. The first kappa shape index (κ1) is 35.1. The van der Waals surface area contributed by atoms with Gasteiger partial charge >= 0.3 is 0 Å². The van der Waals surface area contributed by atoms with Gasteiger partial charge in [0.2, 0.25) is 11.8 Å². The minimum atomic E-state index is -0.895. The average Bonchev–Trinajstić information content (AvgIpc) is 3.92. The quantitative estimate of drug-likeness (QED) is 0.206. The number of pyridine rings is 1. The Morgan fingerprint density at radius 3 is 2.67 bits per heavy atom. The predicted octanol–water partition coefficient (Wildman–Crippen LogP) is 2.80. The zero-order chi connectivity index (χ0) is 39.0. The summed E-state index contributed by atoms with van der Waals surface area (Å²) in [7, 11) is 0. The molecule has 3 saturated heterocycles. The molecule has 0 radical (unpaired) electrons. The van der Waals surface area contributed by atoms with Crippen molar-refractivity contribution in [3.8, 4) is 17.0 Å². The van der Waals surface area contributed by atoms with Gasteiger partial charge in [-0.25, -0.2) is 18.4 Å². The van der Waals surface area contributed by atoms with Crippen LogP contribution >= 0.6 is 0 Å². The number of benzene rings is 2. The summed E-state index contributed by atoms with van der Waals surface area (Å²) in [6.45, 7) is 4.21. The molecular formula is C39H38F2N12O4. The number of fused-ring (bicyclic) bond motifs is 5. The van der Waals surface area contributed by atoms with E-state index in [4.69, 9.17) is 4.98 Å². The highest BCUT2D eigenvalue weighted by Crippen LogP contribution is 2.46. The third-order valence-electron chi connectivity index (χ3n) is 12.1. The molecule has 3 N–H and O–H groups in total. The fourth-order valence-electron chi connectivity index (χ4n) is 9.06. The van der Waals surface area contributed by atoms with Crippen LogP contribution in [0, 0.1) is 5.82 Å². The summed E-state index contributed by atoms with van der Waals surface area (Å²) in [6, 6.07) is 12.9. The lowest BCUT2D eigenvalue weighted by Crippen LogP contribution is -2.54. The molecule has 10 rings (SSSR count). The van der Waals surface area contributed by atoms with Crippen LogP contribution in [-0.2, 0) is 22.7 Å². The van der Waals surface area contributed by atoms with Crippen molar-refractivity contribution in [3.05, 3.63) is 77.2 Å². The van der Waals surface area contributed by atoms with Gasteiger partial charge in [-0.05, 0) is 60.4 Å². The van der Waals surface area contributed by atoms with E-state index in [1.807, 2.05) is 35.4 Å². The van der Waals surface area contributed by atoms with Gasteiger partial charge in [-0.2, -0.15) is 0 Å². The number of para-hydroxylation sites is 1. The minimum absolute atomic E-state index is 0.180. The number of carbonyl (C=O) groups is 3. The lowest BCUT2D eigenvalue weighted by Gasteiger charge is -2.42. The molecule has 3 amide bonds. The number of imide groups is 1. The Morgan fingerprint density at radius 1 is 0.982 bits per heavy atom. The van der Waals surface area contributed by atoms with E-state index in [-0.39, 0.29) is 35.5 Å². The molecule has 0 bridgehead atoms. The molecule has 57 heavy (non-hydrogen) atoms. The standard InChI is InChI=1S/C39H38F2N12O4/c40-20-39-15-25(19-52(39)32-14-29(45-47-35(32)43-21-39)26-2-1-3-28(41)34(26)55)53-36-30(46-48-53)12-22(16-42-36)17-49-8-10-50(11-9-49)24-5-4-23-18-51(38(57)27(23)13-24)31-6-7-33(54)44-37(31)56/h1-5,12-14,16,25,31,55H,6-11,15,17-21H2,(H,43,47)(H,44,54,56)/t25-,31+,39+/m1/s1. The first-order valence-electron chi connectivity index (χ1n) is 19.1. The average molecular weight is 777 g/mol. The smallest absolute Gasteiger partial charge is 0.255 e. The number of hydrogen-bond acceptors (Lipinski definition) is 13. The van der Waals surface area contributed by atoms with Crippen LogP contribution in [0.4, 0.5) is 26.0 Å². The number of phenols is 1. The number of rotatable bonds is 7. The molecule has 0 spiro atoms. The number of piperidine rings is 1. The van der Waals surface area contributed by atoms with E-state index in [9.17, 15) is 23.9 Å². The van der Waals surface area contributed by atoms with Gasteiger partial charge in [0.25, 0.3) is 5.91 Å². The summed E-state index contributed by atoms with van der Waals surface area (Å²) in [5.74, 6) is -1.71. The van der Waals surface area contributed by atoms with Gasteiger partial charge in [0.05, 0.1) is 23.0 Å². The van der Waals surface area contributed by atoms with Crippen LogP contribution in [0.1, 0.15) is 46.8 Å². The van der Waals surface area contributed by atoms with E-state index in [1.54, 1.807) is 21.7 Å². The number of anilines is 3. The van der Waals surface area contributed by atoms with Gasteiger partial charge in [-0.3, -0.25) is 24.6 Å². The third kappa shape index (κ3) is 5.88. The van der Waals surface area contributed by atoms with Gasteiger partial charge in [-0.1, -0.05) is 17.3 Å². The number of amides is 3. The van der Waals surface area contributed by atoms with Gasteiger partial charge in [-0.15, -0.1) is 15.3 Å². The molecule has 2 aromatic carbocycles. The van der Waals surface area contributed by atoms with Gasteiger partial charge in [0.1, 0.15) is 18.2 Å². The zero-order valence-electron chi connectivity index (χ0n) is 30.7. The topological polar surface area (TPSA) is 178 Å². The molecule has 8 heterocycles. The highest BCUT2D eigenvalue weighted by atomic mass is 19.1. The molecule has 3 fully saturated rings. The van der Waals surface area contributed by atoms with E-state index >= 15 is 4.39 Å². The van der Waals surface area contributed by atoms with Crippen molar-refractivity contribution in [2.24, 2.45) is 0 Å². The Labute approximate surface area is 324 Å². The number of nitrogens with one attached hydrogen (secondary N) is 2. The van der Waals surface area contributed by atoms with Gasteiger partial charge in [0, 0.05) is 81.8 Å². The Kier molecular flexibility index (Phi) is 8.28. The van der Waals surface area contributed by atoms with Crippen LogP contribution in [-0.4, -0.2) is 120 Å². The number of aromatic hydroxyl groups is 1. The number of halogens is 2. The Morgan fingerprint density at radius 2 is 1.84 bits per heavy atom. The normalized spacial score (nSPS) is 23.4. The second-order valence-electron chi connectivity index (χ2n) is 15.5. The van der Waals surface area contributed by atoms with Crippen LogP contribution in [0.3, 0.4) is 0 Å². The summed E-state index contributed by atoms with van der Waals surface area (Å²) in [6.07, 6.45) is 2.83. The predicted molar refractivity (Wildman–Crippen MR) is 203 cm³/mol. The number of hydrogen-bond donors (Lipinski definition) is 3. The number of phenolic OH excluding ortho intramolecular Hbond substituents is 1. The molecule has 5 aromatic rings. The van der Waals surface area contributed by atoms with E-state index in [1.165, 1.54) is 6.07 Å². The number of aromatic nitrogens is 6. The van der Waals surface area contributed by atoms with Crippen LogP contribution in [0.5, 0.6) is 5.75 Å². The maximum Gasteiger partial charge on any atom is 0.255 e. The lowest BCUT2D eigenvalue weighted by molar-refractivity contribution is -0.136. The summed E-state index contributed by atoms with van der Waals surface area (Å²) >= 11 is 0. The number of carbonyl (C=O) groups excluding carboxylic acids is 3. The number of piperazine rings is 1. The number of nitrogens with zero attached hydrogens (tertiary/aromatic N) is 10. The van der Waals surface area contributed by atoms with E-state index in [0.717, 1.165) is 49.1 Å². The van der Waals surface area contributed by atoms with Crippen LogP contribution in [0.15, 0.2) is 54.7 Å². The molecule has 292 valence electrons. The molecule has 0 saturated carbocycles. The van der Waals surface area contributed by atoms with Crippen molar-refractivity contribution in [2.75, 3.05) is 61.1 Å². The van der Waals surface area contributed by atoms with Crippen molar-refractivity contribution in [3.63, 3.8) is 0 Å². The highest BCUT2D eigenvalue weighted by Gasteiger charge is 2.50. The lowest BCUT2D eigenvalue weighted by atomic mass is 9.94. The van der Waals surface area contributed by atoms with E-state index < -0.39 is 35.7 Å². The molecule has 16 nitrogen and oxygen atoms in total. The molecule has 5 aliphatic heterocycles. The summed E-state index contributed by atoms with van der Waals surface area (Å²) < 4.78 is 31.0. The first-order chi connectivity index (χ1) is 27.7. The fraction of sp³-hybridized carbons (Fsp3) is 0.385. The Hall–Kier alpha value is -6.30. The Bertz CT molecular complexity index is 2470. The molecule has 0 unspecified atom stereocenters. The molecule has 3 aromatic heterocycles. The first-order valence-corrected chi connectivity index (χ1v) is 19.1.